The van der Waals surface area contributed by atoms with Gasteiger partial charge in [0.05, 0.1) is 29.8 Å². The SMILES string of the molecule is CS(=O)(=O)Nc1ccccc1OCc1ccccc1.O=CNc1ccccc1OCc1ccccc1.O=c1ccc2cccc(OCc3ccccc3)c2[nH]1.OCc1ccccc1OCc1ccccc1.c1ccc(COc2cccc(OCc3ccccc3)c2)cc1. The van der Waals surface area contributed by atoms with E-state index >= 15 is 0 Å². The second-order valence-electron chi connectivity index (χ2n) is 20.6. The molecule has 0 saturated carbocycles. The zero-order chi connectivity index (χ0) is 65.0. The lowest BCUT2D eigenvalue weighted by atomic mass is 10.2. The van der Waals surface area contributed by atoms with Crippen molar-refractivity contribution in [3.63, 3.8) is 0 Å². The molecule has 0 saturated heterocycles. The Balaban J connectivity index is 0.000000150. The number of aromatic amines is 1. The van der Waals surface area contributed by atoms with Crippen molar-refractivity contribution in [3.8, 4) is 34.5 Å². The lowest BCUT2D eigenvalue weighted by molar-refractivity contribution is -0.105. The highest BCUT2D eigenvalue weighted by atomic mass is 32.2. The molecule has 1 amide bonds. The van der Waals surface area contributed by atoms with E-state index in [1.807, 2.05) is 243 Å². The normalized spacial score (nSPS) is 10.3. The minimum atomic E-state index is -3.31. The van der Waals surface area contributed by atoms with Crippen molar-refractivity contribution in [1.29, 1.82) is 0 Å². The number of anilines is 2. The molecule has 14 nitrogen and oxygen atoms in total. The molecule has 1 aromatic heterocycles. The van der Waals surface area contributed by atoms with Crippen LogP contribution in [0.1, 0.15) is 38.9 Å². The zero-order valence-electron chi connectivity index (χ0n) is 51.4. The number of fused-ring (bicyclic) bond motifs is 1. The predicted octanol–water partition coefficient (Wildman–Crippen LogP) is 16.2. The van der Waals surface area contributed by atoms with E-state index < -0.39 is 10.0 Å². The fraction of sp³-hybridized carbons (Fsp3) is 0.103. The summed E-state index contributed by atoms with van der Waals surface area (Å²) >= 11 is 0. The first-order valence-electron chi connectivity index (χ1n) is 29.8. The van der Waals surface area contributed by atoms with Crippen molar-refractivity contribution in [2.24, 2.45) is 0 Å². The van der Waals surface area contributed by atoms with Crippen molar-refractivity contribution in [1.82, 2.24) is 4.98 Å². The fourth-order valence-electron chi connectivity index (χ4n) is 8.78. The molecule has 4 N–H and O–H groups in total. The van der Waals surface area contributed by atoms with E-state index in [2.05, 4.69) is 39.3 Å². The van der Waals surface area contributed by atoms with Gasteiger partial charge in [0.2, 0.25) is 22.0 Å². The van der Waals surface area contributed by atoms with Gasteiger partial charge in [-0.15, -0.1) is 0 Å². The first-order chi connectivity index (χ1) is 45.6. The first-order valence-corrected chi connectivity index (χ1v) is 31.7. The van der Waals surface area contributed by atoms with Crippen molar-refractivity contribution in [3.05, 3.63) is 359 Å². The summed E-state index contributed by atoms with van der Waals surface area (Å²) in [5.41, 5.74) is 9.20. The van der Waals surface area contributed by atoms with Crippen LogP contribution in [0.3, 0.4) is 0 Å². The van der Waals surface area contributed by atoms with Crippen LogP contribution in [0, 0.1) is 0 Å². The topological polar surface area (TPSA) is 184 Å². The maximum atomic E-state index is 11.4. The van der Waals surface area contributed by atoms with Crippen LogP contribution in [0.5, 0.6) is 34.5 Å². The molecule has 11 aromatic carbocycles. The Bertz CT molecular complexity index is 4230. The standard InChI is InChI=1S/C20H18O2.C16H13NO2.C14H15NO3S.C14H13NO2.C14H14O2/c1-3-8-17(9-4-1)15-21-19-12-7-13-20(14-19)22-16-18-10-5-2-6-11-18;18-15-10-9-13-7-4-8-14(16(13)17-15)19-11-12-5-2-1-3-6-12;1-19(16,17)15-13-9-5-6-10-14(13)18-11-12-7-3-2-4-8-12;16-11-15-13-8-4-5-9-14(13)17-10-12-6-2-1-3-7-12;15-10-13-8-4-5-9-14(13)16-11-12-6-2-1-3-7-12/h1-14H,15-16H2;1-10H,11H2,(H,17,18);2-10,15H,11H2,1H3;1-9,11H,10H2,(H,15,16);1-9,15H,10-11H2. The van der Waals surface area contributed by atoms with Crippen LogP contribution in [0.2, 0.25) is 0 Å². The third kappa shape index (κ3) is 24.5. The van der Waals surface area contributed by atoms with Gasteiger partial charge in [0.15, 0.2) is 0 Å². The van der Waals surface area contributed by atoms with Crippen LogP contribution >= 0.6 is 0 Å². The summed E-state index contributed by atoms with van der Waals surface area (Å²) < 4.78 is 59.3. The molecule has 0 aliphatic rings. The summed E-state index contributed by atoms with van der Waals surface area (Å²) in [5, 5.41) is 12.7. The van der Waals surface area contributed by atoms with Gasteiger partial charge in [0.25, 0.3) is 0 Å². The number of amides is 1. The van der Waals surface area contributed by atoms with Gasteiger partial charge in [-0.05, 0) is 88.0 Å². The van der Waals surface area contributed by atoms with E-state index in [9.17, 15) is 18.0 Å². The van der Waals surface area contributed by atoms with E-state index in [0.29, 0.717) is 74.7 Å². The molecule has 12 rings (SSSR count). The Hall–Kier alpha value is -11.4. The largest absolute Gasteiger partial charge is 0.489 e. The van der Waals surface area contributed by atoms with Crippen LogP contribution in [-0.4, -0.2) is 31.2 Å². The monoisotopic (exact) mass is 1260 g/mol. The van der Waals surface area contributed by atoms with Gasteiger partial charge in [-0.2, -0.15) is 0 Å². The summed E-state index contributed by atoms with van der Waals surface area (Å²) in [6, 6.07) is 98.4. The molecule has 0 aliphatic heterocycles. The molecule has 15 heteroatoms. The zero-order valence-corrected chi connectivity index (χ0v) is 52.2. The Morgan fingerprint density at radius 1 is 0.376 bits per heavy atom. The molecule has 1 heterocycles. The van der Waals surface area contributed by atoms with Gasteiger partial charge in [-0.25, -0.2) is 8.42 Å². The van der Waals surface area contributed by atoms with E-state index in [1.54, 1.807) is 36.4 Å². The van der Waals surface area contributed by atoms with Crippen LogP contribution < -0.4 is 44.0 Å². The summed E-state index contributed by atoms with van der Waals surface area (Å²) in [7, 11) is -3.31. The molecular formula is C78H73N3O11S. The number of hydrogen-bond donors (Lipinski definition) is 4. The molecular weight excluding hydrogens is 1190 g/mol. The molecule has 93 heavy (non-hydrogen) atoms. The highest BCUT2D eigenvalue weighted by molar-refractivity contribution is 7.92. The number of hydrogen-bond acceptors (Lipinski definition) is 11. The fourth-order valence-corrected chi connectivity index (χ4v) is 9.34. The van der Waals surface area contributed by atoms with Crippen molar-refractivity contribution < 1.29 is 46.7 Å². The number of aliphatic hydroxyl groups is 1. The molecule has 0 aliphatic carbocycles. The molecule has 0 bridgehead atoms. The summed E-state index contributed by atoms with van der Waals surface area (Å²) in [4.78, 5) is 24.6. The molecule has 0 unspecified atom stereocenters. The third-order valence-electron chi connectivity index (χ3n) is 13.4. The molecule has 0 atom stereocenters. The smallest absolute Gasteiger partial charge is 0.248 e. The average molecular weight is 1260 g/mol. The number of ether oxygens (including phenoxy) is 6. The number of pyridine rings is 1. The summed E-state index contributed by atoms with van der Waals surface area (Å²) in [5.74, 6) is 4.25. The van der Waals surface area contributed by atoms with E-state index in [1.165, 1.54) is 6.07 Å². The van der Waals surface area contributed by atoms with Gasteiger partial charge in [0, 0.05) is 23.1 Å². The van der Waals surface area contributed by atoms with E-state index in [4.69, 9.17) is 33.5 Å². The highest BCUT2D eigenvalue weighted by Crippen LogP contribution is 2.28. The minimum Gasteiger partial charge on any atom is -0.489 e. The van der Waals surface area contributed by atoms with Crippen LogP contribution in [0.25, 0.3) is 10.9 Å². The van der Waals surface area contributed by atoms with Crippen LogP contribution in [-0.2, 0) is 61.1 Å². The van der Waals surface area contributed by atoms with Crippen LogP contribution in [0.15, 0.2) is 314 Å². The van der Waals surface area contributed by atoms with Gasteiger partial charge in [-0.1, -0.05) is 243 Å². The number of carbonyl (C=O) groups is 1. The Kier molecular flexibility index (Phi) is 27.3. The van der Waals surface area contributed by atoms with E-state index in [-0.39, 0.29) is 12.2 Å². The molecule has 12 aromatic rings. The maximum Gasteiger partial charge on any atom is 0.248 e. The van der Waals surface area contributed by atoms with Gasteiger partial charge in [0.1, 0.15) is 74.1 Å². The number of para-hydroxylation sites is 6. The third-order valence-corrected chi connectivity index (χ3v) is 14.0. The van der Waals surface area contributed by atoms with Gasteiger partial charge in [-0.3, -0.25) is 14.3 Å². The first kappa shape index (κ1) is 67.5. The highest BCUT2D eigenvalue weighted by Gasteiger charge is 2.09. The van der Waals surface area contributed by atoms with E-state index in [0.717, 1.165) is 73.4 Å². The summed E-state index contributed by atoms with van der Waals surface area (Å²) in [6.45, 7) is 3.01. The van der Waals surface area contributed by atoms with Gasteiger partial charge >= 0.3 is 0 Å². The second kappa shape index (κ2) is 37.6. The Morgan fingerprint density at radius 2 is 0.720 bits per heavy atom. The number of carbonyl (C=O) groups excluding carboxylic acids is 1. The quantitative estimate of drug-likeness (QED) is 0.0447. The summed E-state index contributed by atoms with van der Waals surface area (Å²) in [6.07, 6.45) is 1.76. The Labute approximate surface area is 543 Å². The second-order valence-corrected chi connectivity index (χ2v) is 22.3. The van der Waals surface area contributed by atoms with Crippen molar-refractivity contribution >= 4 is 38.7 Å². The Morgan fingerprint density at radius 3 is 1.15 bits per heavy atom. The molecule has 0 radical (unpaired) electrons. The number of benzene rings is 11. The lowest BCUT2D eigenvalue weighted by Gasteiger charge is -2.12. The lowest BCUT2D eigenvalue weighted by Crippen LogP contribution is -2.10. The molecule has 0 fully saturated rings. The average Bonchev–Trinajstić information content (AvgIpc) is 3.85. The van der Waals surface area contributed by atoms with Crippen molar-refractivity contribution in [2.75, 3.05) is 16.3 Å². The number of sulfonamides is 1. The van der Waals surface area contributed by atoms with Gasteiger partial charge < -0.3 is 43.8 Å². The number of nitrogens with one attached hydrogen (secondary N) is 3. The number of aromatic nitrogens is 1. The number of rotatable bonds is 23. The number of H-pyrrole nitrogens is 1. The minimum absolute atomic E-state index is 0.00492. The predicted molar refractivity (Wildman–Crippen MR) is 369 cm³/mol. The number of aliphatic hydroxyl groups excluding tert-OH is 1. The maximum absolute atomic E-state index is 11.4. The molecule has 0 spiro atoms. The molecule has 472 valence electrons. The van der Waals surface area contributed by atoms with Crippen LogP contribution in [0.4, 0.5) is 11.4 Å². The van der Waals surface area contributed by atoms with Crippen molar-refractivity contribution in [2.45, 2.75) is 46.2 Å².